The van der Waals surface area contributed by atoms with E-state index in [1.54, 1.807) is 32.2 Å². The number of hydrogen-bond acceptors (Lipinski definition) is 3. The summed E-state index contributed by atoms with van der Waals surface area (Å²) in [5, 5.41) is 0.547. The molecule has 0 amide bonds. The molecule has 0 N–H and O–H groups in total. The lowest BCUT2D eigenvalue weighted by atomic mass is 10.1. The van der Waals surface area contributed by atoms with Crippen molar-refractivity contribution in [2.45, 2.75) is 20.3 Å². The Bertz CT molecular complexity index is 656. The van der Waals surface area contributed by atoms with Crippen LogP contribution in [0.3, 0.4) is 0 Å². The van der Waals surface area contributed by atoms with Gasteiger partial charge in [0.2, 0.25) is 0 Å². The Labute approximate surface area is 98.9 Å². The summed E-state index contributed by atoms with van der Waals surface area (Å²) < 4.78 is 1.50. The van der Waals surface area contributed by atoms with Crippen molar-refractivity contribution in [3.05, 3.63) is 39.9 Å². The van der Waals surface area contributed by atoms with E-state index < -0.39 is 0 Å². The van der Waals surface area contributed by atoms with Gasteiger partial charge in [0, 0.05) is 19.0 Å². The predicted octanol–water partition coefficient (Wildman–Crippen LogP) is 1.83. The normalized spacial score (nSPS) is 10.8. The van der Waals surface area contributed by atoms with Crippen molar-refractivity contribution in [3.8, 4) is 0 Å². The highest BCUT2D eigenvalue weighted by Crippen LogP contribution is 2.12. The summed E-state index contributed by atoms with van der Waals surface area (Å²) in [6.07, 6.45) is 0.454. The van der Waals surface area contributed by atoms with E-state index in [2.05, 4.69) is 4.98 Å². The molecule has 17 heavy (non-hydrogen) atoms. The Kier molecular flexibility index (Phi) is 2.79. The van der Waals surface area contributed by atoms with E-state index in [0.29, 0.717) is 28.7 Å². The summed E-state index contributed by atoms with van der Waals surface area (Å²) in [5.41, 5.74) is 1.12. The number of nitrogens with zero attached hydrogens (tertiary/aromatic N) is 2. The maximum Gasteiger partial charge on any atom is 0.261 e. The zero-order valence-corrected chi connectivity index (χ0v) is 10.2. The maximum atomic E-state index is 11.9. The van der Waals surface area contributed by atoms with Crippen LogP contribution in [-0.2, 0) is 7.05 Å². The van der Waals surface area contributed by atoms with Crippen molar-refractivity contribution in [1.29, 1.82) is 0 Å². The number of ketones is 1. The van der Waals surface area contributed by atoms with Gasteiger partial charge in [0.25, 0.3) is 5.56 Å². The van der Waals surface area contributed by atoms with Crippen LogP contribution in [-0.4, -0.2) is 15.3 Å². The topological polar surface area (TPSA) is 52.0 Å². The molecule has 0 atom stereocenters. The first-order valence-corrected chi connectivity index (χ1v) is 5.55. The fraction of sp³-hybridized carbons (Fsp3) is 0.308. The highest BCUT2D eigenvalue weighted by Gasteiger charge is 2.08. The number of Topliss-reactive ketones (excluding diaryl/α,β-unsaturated/α-hetero) is 1. The van der Waals surface area contributed by atoms with Crippen LogP contribution in [0.15, 0.2) is 23.0 Å². The molecule has 0 saturated heterocycles. The fourth-order valence-corrected chi connectivity index (χ4v) is 1.76. The van der Waals surface area contributed by atoms with Gasteiger partial charge in [0.1, 0.15) is 5.82 Å². The molecule has 1 aromatic heterocycles. The maximum absolute atomic E-state index is 11.9. The van der Waals surface area contributed by atoms with E-state index in [1.807, 2.05) is 6.92 Å². The third-order valence-electron chi connectivity index (χ3n) is 2.94. The number of carbonyl (C=O) groups excluding carboxylic acids is 1. The van der Waals surface area contributed by atoms with E-state index in [0.717, 1.165) is 0 Å². The molecule has 0 aliphatic rings. The minimum atomic E-state index is -0.0806. The van der Waals surface area contributed by atoms with Crippen molar-refractivity contribution < 1.29 is 4.79 Å². The molecule has 2 rings (SSSR count). The molecule has 88 valence electrons. The number of aromatic nitrogens is 2. The van der Waals surface area contributed by atoms with Gasteiger partial charge in [-0.3, -0.25) is 14.2 Å². The lowest BCUT2D eigenvalue weighted by Crippen LogP contribution is -2.20. The molecule has 4 heteroatoms. The molecule has 1 heterocycles. The van der Waals surface area contributed by atoms with E-state index in [4.69, 9.17) is 0 Å². The van der Waals surface area contributed by atoms with E-state index in [1.165, 1.54) is 4.57 Å². The molecule has 0 spiro atoms. The minimum Gasteiger partial charge on any atom is -0.299 e. The van der Waals surface area contributed by atoms with Crippen molar-refractivity contribution in [1.82, 2.24) is 9.55 Å². The summed E-state index contributed by atoms with van der Waals surface area (Å²) in [6.45, 7) is 3.59. The molecule has 0 radical (unpaired) electrons. The molecule has 4 nitrogen and oxygen atoms in total. The number of carbonyl (C=O) groups is 1. The highest BCUT2D eigenvalue weighted by molar-refractivity contribution is 5.98. The Morgan fingerprint density at radius 2 is 2.12 bits per heavy atom. The Hall–Kier alpha value is -1.97. The van der Waals surface area contributed by atoms with Crippen LogP contribution >= 0.6 is 0 Å². The summed E-state index contributed by atoms with van der Waals surface area (Å²) in [6, 6.07) is 5.05. The molecule has 0 aliphatic carbocycles. The number of aryl methyl sites for hydroxylation is 1. The first kappa shape index (κ1) is 11.5. The van der Waals surface area contributed by atoms with Crippen LogP contribution in [0, 0.1) is 6.92 Å². The molecule has 2 aromatic rings. The number of hydrogen-bond donors (Lipinski definition) is 0. The average Bonchev–Trinajstić information content (AvgIpc) is 2.34. The van der Waals surface area contributed by atoms with Crippen molar-refractivity contribution >= 4 is 16.7 Å². The van der Waals surface area contributed by atoms with Gasteiger partial charge in [-0.25, -0.2) is 4.98 Å². The Morgan fingerprint density at radius 1 is 1.41 bits per heavy atom. The van der Waals surface area contributed by atoms with Gasteiger partial charge < -0.3 is 0 Å². The van der Waals surface area contributed by atoms with Gasteiger partial charge in [0.15, 0.2) is 5.78 Å². The van der Waals surface area contributed by atoms with Crippen molar-refractivity contribution in [3.63, 3.8) is 0 Å². The lowest BCUT2D eigenvalue weighted by molar-refractivity contribution is 0.0988. The predicted molar refractivity (Wildman–Crippen MR) is 66.3 cm³/mol. The van der Waals surface area contributed by atoms with E-state index in [-0.39, 0.29) is 11.3 Å². The van der Waals surface area contributed by atoms with Crippen LogP contribution in [0.4, 0.5) is 0 Å². The SMILES string of the molecule is CCC(=O)c1ccc2c(=O)n(C)c(C)nc2c1. The van der Waals surface area contributed by atoms with Gasteiger partial charge in [0.05, 0.1) is 10.9 Å². The average molecular weight is 230 g/mol. The van der Waals surface area contributed by atoms with Gasteiger partial charge in [-0.2, -0.15) is 0 Å². The number of rotatable bonds is 2. The van der Waals surface area contributed by atoms with Crippen LogP contribution < -0.4 is 5.56 Å². The monoisotopic (exact) mass is 230 g/mol. The number of benzene rings is 1. The zero-order valence-electron chi connectivity index (χ0n) is 10.2. The quantitative estimate of drug-likeness (QED) is 0.739. The van der Waals surface area contributed by atoms with E-state index >= 15 is 0 Å². The Morgan fingerprint density at radius 3 is 2.76 bits per heavy atom. The summed E-state index contributed by atoms with van der Waals surface area (Å²) in [4.78, 5) is 27.8. The molecular weight excluding hydrogens is 216 g/mol. The molecule has 0 saturated carbocycles. The first-order chi connectivity index (χ1) is 8.04. The number of fused-ring (bicyclic) bond motifs is 1. The second kappa shape index (κ2) is 4.13. The standard InChI is InChI=1S/C13H14N2O2/c1-4-12(16)9-5-6-10-11(7-9)14-8(2)15(3)13(10)17/h5-7H,4H2,1-3H3. The first-order valence-electron chi connectivity index (χ1n) is 5.55. The molecular formula is C13H14N2O2. The van der Waals surface area contributed by atoms with Gasteiger partial charge in [-0.1, -0.05) is 13.0 Å². The van der Waals surface area contributed by atoms with Crippen LogP contribution in [0.2, 0.25) is 0 Å². The van der Waals surface area contributed by atoms with E-state index in [9.17, 15) is 9.59 Å². The van der Waals surface area contributed by atoms with Crippen molar-refractivity contribution in [2.24, 2.45) is 7.05 Å². The Balaban J connectivity index is 2.76. The molecule has 0 bridgehead atoms. The third kappa shape index (κ3) is 1.86. The summed E-state index contributed by atoms with van der Waals surface area (Å²) >= 11 is 0. The van der Waals surface area contributed by atoms with Crippen LogP contribution in [0.25, 0.3) is 10.9 Å². The van der Waals surface area contributed by atoms with Gasteiger partial charge in [-0.15, -0.1) is 0 Å². The second-order valence-electron chi connectivity index (χ2n) is 4.03. The van der Waals surface area contributed by atoms with Gasteiger partial charge in [-0.05, 0) is 19.1 Å². The lowest BCUT2D eigenvalue weighted by Gasteiger charge is -2.06. The van der Waals surface area contributed by atoms with Crippen LogP contribution in [0.1, 0.15) is 29.5 Å². The third-order valence-corrected chi connectivity index (χ3v) is 2.94. The minimum absolute atomic E-state index is 0.0621. The largest absolute Gasteiger partial charge is 0.299 e. The fourth-order valence-electron chi connectivity index (χ4n) is 1.76. The molecule has 0 aliphatic heterocycles. The second-order valence-corrected chi connectivity index (χ2v) is 4.03. The van der Waals surface area contributed by atoms with Crippen LogP contribution in [0.5, 0.6) is 0 Å². The zero-order chi connectivity index (χ0) is 12.6. The molecule has 0 fully saturated rings. The summed E-state index contributed by atoms with van der Waals surface area (Å²) in [5.74, 6) is 0.704. The summed E-state index contributed by atoms with van der Waals surface area (Å²) in [7, 11) is 1.69. The smallest absolute Gasteiger partial charge is 0.261 e. The van der Waals surface area contributed by atoms with Crippen molar-refractivity contribution in [2.75, 3.05) is 0 Å². The highest BCUT2D eigenvalue weighted by atomic mass is 16.1. The molecule has 0 unspecified atom stereocenters. The van der Waals surface area contributed by atoms with Gasteiger partial charge >= 0.3 is 0 Å². The molecule has 1 aromatic carbocycles.